The normalized spacial score (nSPS) is 18.7. The van der Waals surface area contributed by atoms with Gasteiger partial charge in [0.2, 0.25) is 0 Å². The van der Waals surface area contributed by atoms with Gasteiger partial charge in [0.15, 0.2) is 0 Å². The van der Waals surface area contributed by atoms with Crippen molar-refractivity contribution in [3.8, 4) is 0 Å². The Kier molecular flexibility index (Phi) is 6.15. The van der Waals surface area contributed by atoms with Crippen molar-refractivity contribution < 1.29 is 9.53 Å². The maximum Gasteiger partial charge on any atom is 0.317 e. The third-order valence-electron chi connectivity index (χ3n) is 5.21. The zero-order chi connectivity index (χ0) is 17.6. The third-order valence-corrected chi connectivity index (χ3v) is 5.21. The molecule has 1 aromatic rings. The van der Waals surface area contributed by atoms with E-state index < -0.39 is 0 Å². The van der Waals surface area contributed by atoms with E-state index in [1.54, 1.807) is 4.90 Å². The van der Waals surface area contributed by atoms with Crippen LogP contribution in [0.5, 0.6) is 0 Å². The topological polar surface area (TPSA) is 48.1 Å². The minimum absolute atomic E-state index is 0.00703. The summed E-state index contributed by atoms with van der Waals surface area (Å²) in [6.45, 7) is 9.03. The van der Waals surface area contributed by atoms with Crippen LogP contribution < -0.4 is 10.2 Å². The maximum absolute atomic E-state index is 12.3. The summed E-state index contributed by atoms with van der Waals surface area (Å²) in [5.74, 6) is 0. The molecule has 0 bridgehead atoms. The number of para-hydroxylation sites is 1. The molecule has 25 heavy (non-hydrogen) atoms. The van der Waals surface area contributed by atoms with Crippen molar-refractivity contribution >= 4 is 11.7 Å². The maximum atomic E-state index is 12.3. The van der Waals surface area contributed by atoms with Gasteiger partial charge in [0.1, 0.15) is 0 Å². The van der Waals surface area contributed by atoms with Crippen molar-refractivity contribution in [2.75, 3.05) is 64.4 Å². The Balaban J connectivity index is 1.41. The van der Waals surface area contributed by atoms with E-state index in [-0.39, 0.29) is 6.03 Å². The van der Waals surface area contributed by atoms with Crippen LogP contribution in [0.1, 0.15) is 12.5 Å². The van der Waals surface area contributed by atoms with E-state index in [4.69, 9.17) is 4.74 Å². The van der Waals surface area contributed by atoms with E-state index in [0.29, 0.717) is 12.6 Å². The summed E-state index contributed by atoms with van der Waals surface area (Å²) >= 11 is 0. The van der Waals surface area contributed by atoms with Crippen molar-refractivity contribution in [3.63, 3.8) is 0 Å². The highest BCUT2D eigenvalue weighted by Gasteiger charge is 2.23. The zero-order valence-corrected chi connectivity index (χ0v) is 15.4. The van der Waals surface area contributed by atoms with Gasteiger partial charge in [-0.25, -0.2) is 4.79 Å². The molecule has 1 N–H and O–H groups in total. The molecule has 0 radical (unpaired) electrons. The van der Waals surface area contributed by atoms with Crippen molar-refractivity contribution in [2.45, 2.75) is 19.4 Å². The number of benzene rings is 1. The highest BCUT2D eigenvalue weighted by atomic mass is 16.5. The number of rotatable bonds is 6. The molecule has 0 saturated carbocycles. The molecule has 1 unspecified atom stereocenters. The Morgan fingerprint density at radius 3 is 2.84 bits per heavy atom. The lowest BCUT2D eigenvalue weighted by atomic mass is 10.2. The molecule has 2 aliphatic heterocycles. The fourth-order valence-corrected chi connectivity index (χ4v) is 3.52. The molecule has 138 valence electrons. The highest BCUT2D eigenvalue weighted by Crippen LogP contribution is 2.28. The number of carbonyl (C=O) groups excluding carboxylic acids is 1. The molecule has 6 heteroatoms. The molecular weight excluding hydrogens is 316 g/mol. The van der Waals surface area contributed by atoms with Crippen LogP contribution in [0.15, 0.2) is 24.3 Å². The summed E-state index contributed by atoms with van der Waals surface area (Å²) in [4.78, 5) is 18.8. The average Bonchev–Trinajstić information content (AvgIpc) is 3.09. The monoisotopic (exact) mass is 346 g/mol. The zero-order valence-electron chi connectivity index (χ0n) is 15.4. The van der Waals surface area contributed by atoms with Crippen molar-refractivity contribution in [2.24, 2.45) is 0 Å². The molecule has 0 aromatic heterocycles. The largest absolute Gasteiger partial charge is 0.379 e. The fraction of sp³-hybridized carbons (Fsp3) is 0.632. The first kappa shape index (κ1) is 18.0. The van der Waals surface area contributed by atoms with E-state index in [2.05, 4.69) is 46.3 Å². The molecule has 1 fully saturated rings. The number of hydrogen-bond acceptors (Lipinski definition) is 4. The minimum Gasteiger partial charge on any atom is -0.379 e. The Hall–Kier alpha value is -1.79. The van der Waals surface area contributed by atoms with Gasteiger partial charge in [-0.15, -0.1) is 0 Å². The molecule has 2 heterocycles. The molecule has 0 aliphatic carbocycles. The smallest absolute Gasteiger partial charge is 0.317 e. The molecule has 6 nitrogen and oxygen atoms in total. The van der Waals surface area contributed by atoms with Crippen molar-refractivity contribution in [1.29, 1.82) is 0 Å². The number of fused-ring (bicyclic) bond motifs is 1. The van der Waals surface area contributed by atoms with E-state index in [0.717, 1.165) is 52.4 Å². The molecule has 3 rings (SSSR count). The lowest BCUT2D eigenvalue weighted by Crippen LogP contribution is -2.47. The summed E-state index contributed by atoms with van der Waals surface area (Å²) in [5, 5.41) is 3.08. The Labute approximate surface area is 150 Å². The number of nitrogens with zero attached hydrogens (tertiary/aromatic N) is 3. The lowest BCUT2D eigenvalue weighted by molar-refractivity contribution is 0.0357. The summed E-state index contributed by atoms with van der Waals surface area (Å²) in [6, 6.07) is 8.85. The molecule has 1 atom stereocenters. The summed E-state index contributed by atoms with van der Waals surface area (Å²) in [5.41, 5.74) is 2.72. The average molecular weight is 346 g/mol. The summed E-state index contributed by atoms with van der Waals surface area (Å²) in [6.07, 6.45) is 1.09. The lowest BCUT2D eigenvalue weighted by Gasteiger charge is -2.30. The van der Waals surface area contributed by atoms with Crippen LogP contribution in [0, 0.1) is 0 Å². The van der Waals surface area contributed by atoms with Crippen molar-refractivity contribution in [3.05, 3.63) is 29.8 Å². The van der Waals surface area contributed by atoms with Crippen molar-refractivity contribution in [1.82, 2.24) is 15.1 Å². The Bertz CT molecular complexity index is 574. The molecular formula is C19H30N4O2. The third kappa shape index (κ3) is 4.64. The molecule has 0 spiro atoms. The standard InChI is InChI=1S/C19H30N4O2/c1-16(23-8-7-17-5-3-4-6-18(17)23)15-20-19(24)21(2)9-10-22-11-13-25-14-12-22/h3-6,16H,7-15H2,1-2H3,(H,20,24). The molecule has 1 aromatic carbocycles. The van der Waals surface area contributed by atoms with Gasteiger partial charge in [-0.2, -0.15) is 0 Å². The van der Waals surface area contributed by atoms with E-state index >= 15 is 0 Å². The van der Waals surface area contributed by atoms with Crippen LogP contribution in [-0.4, -0.2) is 81.4 Å². The van der Waals surface area contributed by atoms with Gasteiger partial charge in [0, 0.05) is 58.0 Å². The van der Waals surface area contributed by atoms with Gasteiger partial charge in [-0.3, -0.25) is 4.90 Å². The van der Waals surface area contributed by atoms with Gasteiger partial charge >= 0.3 is 6.03 Å². The first-order valence-corrected chi connectivity index (χ1v) is 9.29. The van der Waals surface area contributed by atoms with E-state index in [9.17, 15) is 4.79 Å². The van der Waals surface area contributed by atoms with Gasteiger partial charge in [0.25, 0.3) is 0 Å². The van der Waals surface area contributed by atoms with Crippen LogP contribution in [0.3, 0.4) is 0 Å². The first-order chi connectivity index (χ1) is 12.1. The van der Waals surface area contributed by atoms with Crippen LogP contribution in [0.25, 0.3) is 0 Å². The SMILES string of the molecule is CC(CNC(=O)N(C)CCN1CCOCC1)N1CCc2ccccc21. The predicted octanol–water partition coefficient (Wildman–Crippen LogP) is 1.41. The molecule has 2 amide bonds. The summed E-state index contributed by atoms with van der Waals surface area (Å²) in [7, 11) is 1.87. The number of urea groups is 1. The number of morpholine rings is 1. The number of nitrogens with one attached hydrogen (secondary N) is 1. The second kappa shape index (κ2) is 8.54. The van der Waals surface area contributed by atoms with Crippen LogP contribution in [0.2, 0.25) is 0 Å². The van der Waals surface area contributed by atoms with Crippen LogP contribution in [0.4, 0.5) is 10.5 Å². The van der Waals surface area contributed by atoms with Gasteiger partial charge < -0.3 is 19.9 Å². The fourth-order valence-electron chi connectivity index (χ4n) is 3.52. The van der Waals surface area contributed by atoms with Gasteiger partial charge in [-0.1, -0.05) is 18.2 Å². The number of carbonyl (C=O) groups is 1. The second-order valence-electron chi connectivity index (χ2n) is 6.98. The second-order valence-corrected chi connectivity index (χ2v) is 6.98. The number of amides is 2. The number of ether oxygens (including phenoxy) is 1. The molecule has 2 aliphatic rings. The Morgan fingerprint density at radius 2 is 2.04 bits per heavy atom. The van der Waals surface area contributed by atoms with Crippen LogP contribution in [-0.2, 0) is 11.2 Å². The van der Waals surface area contributed by atoms with Gasteiger partial charge in [-0.05, 0) is 25.0 Å². The quantitative estimate of drug-likeness (QED) is 0.846. The molecule has 1 saturated heterocycles. The predicted molar refractivity (Wildman–Crippen MR) is 100 cm³/mol. The van der Waals surface area contributed by atoms with Gasteiger partial charge in [0.05, 0.1) is 13.2 Å². The highest BCUT2D eigenvalue weighted by molar-refractivity contribution is 5.74. The number of hydrogen-bond donors (Lipinski definition) is 1. The summed E-state index contributed by atoms with van der Waals surface area (Å²) < 4.78 is 5.35. The van der Waals surface area contributed by atoms with E-state index in [1.165, 1.54) is 11.3 Å². The first-order valence-electron chi connectivity index (χ1n) is 9.29. The van der Waals surface area contributed by atoms with E-state index in [1.807, 2.05) is 7.05 Å². The number of anilines is 1. The number of likely N-dealkylation sites (N-methyl/N-ethyl adjacent to an activating group) is 1. The minimum atomic E-state index is 0.00703. The van der Waals surface area contributed by atoms with Crippen LogP contribution >= 0.6 is 0 Å². The Morgan fingerprint density at radius 1 is 1.28 bits per heavy atom.